The van der Waals surface area contributed by atoms with E-state index in [2.05, 4.69) is 5.32 Å². The van der Waals surface area contributed by atoms with Gasteiger partial charge in [0.05, 0.1) is 17.5 Å². The Labute approximate surface area is 150 Å². The Morgan fingerprint density at radius 2 is 1.96 bits per heavy atom. The number of carbonyl (C=O) groups is 1. The molecule has 1 aliphatic heterocycles. The molecule has 0 bridgehead atoms. The van der Waals surface area contributed by atoms with Crippen LogP contribution in [-0.2, 0) is 4.79 Å². The number of hydrogen-bond acceptors (Lipinski definition) is 6. The first-order chi connectivity index (χ1) is 12.4. The van der Waals surface area contributed by atoms with Crippen molar-refractivity contribution in [3.8, 4) is 11.5 Å². The number of anilines is 2. The van der Waals surface area contributed by atoms with Crippen LogP contribution in [0.1, 0.15) is 11.1 Å². The SMILES string of the molecule is Cc1cccc(N(C)CC(=O)Nc2cc3c(cc2[N+](=O)[O-])OCO3)c1C. The number of fused-ring (bicyclic) bond motifs is 1. The molecule has 0 spiro atoms. The molecule has 0 saturated heterocycles. The van der Waals surface area contributed by atoms with Crippen molar-refractivity contribution in [1.82, 2.24) is 0 Å². The highest BCUT2D eigenvalue weighted by Gasteiger charge is 2.24. The first kappa shape index (κ1) is 17.5. The molecule has 0 radical (unpaired) electrons. The zero-order valence-electron chi connectivity index (χ0n) is 14.7. The van der Waals surface area contributed by atoms with Gasteiger partial charge < -0.3 is 19.7 Å². The molecule has 0 aliphatic carbocycles. The van der Waals surface area contributed by atoms with Gasteiger partial charge in [0.15, 0.2) is 11.5 Å². The second-order valence-corrected chi connectivity index (χ2v) is 6.10. The number of amides is 1. The predicted molar refractivity (Wildman–Crippen MR) is 97.0 cm³/mol. The number of aryl methyl sites for hydroxylation is 1. The number of nitro benzene ring substituents is 1. The molecule has 26 heavy (non-hydrogen) atoms. The van der Waals surface area contributed by atoms with Gasteiger partial charge in [0, 0.05) is 18.8 Å². The van der Waals surface area contributed by atoms with Gasteiger partial charge in [0.2, 0.25) is 12.7 Å². The lowest BCUT2D eigenvalue weighted by Crippen LogP contribution is -2.30. The molecule has 8 nitrogen and oxygen atoms in total. The average Bonchev–Trinajstić information content (AvgIpc) is 3.03. The Kier molecular flexibility index (Phi) is 4.66. The summed E-state index contributed by atoms with van der Waals surface area (Å²) in [5, 5.41) is 13.9. The minimum absolute atomic E-state index is 0.000734. The molecule has 2 aromatic carbocycles. The normalized spacial score (nSPS) is 12.0. The van der Waals surface area contributed by atoms with Crippen molar-refractivity contribution in [2.24, 2.45) is 0 Å². The van der Waals surface area contributed by atoms with Gasteiger partial charge in [-0.3, -0.25) is 14.9 Å². The summed E-state index contributed by atoms with van der Waals surface area (Å²) < 4.78 is 10.4. The minimum atomic E-state index is -0.564. The van der Waals surface area contributed by atoms with E-state index in [0.717, 1.165) is 16.8 Å². The molecule has 0 unspecified atom stereocenters. The van der Waals surface area contributed by atoms with Crippen LogP contribution >= 0.6 is 0 Å². The third-order valence-electron chi connectivity index (χ3n) is 4.33. The van der Waals surface area contributed by atoms with Crippen LogP contribution in [0.3, 0.4) is 0 Å². The van der Waals surface area contributed by atoms with Crippen LogP contribution in [-0.4, -0.2) is 31.2 Å². The number of nitrogens with zero attached hydrogens (tertiary/aromatic N) is 2. The molecule has 0 atom stereocenters. The molecule has 136 valence electrons. The summed E-state index contributed by atoms with van der Waals surface area (Å²) in [5.74, 6) is 0.298. The summed E-state index contributed by atoms with van der Waals surface area (Å²) >= 11 is 0. The molecule has 1 amide bonds. The topological polar surface area (TPSA) is 93.9 Å². The third-order valence-corrected chi connectivity index (χ3v) is 4.33. The minimum Gasteiger partial charge on any atom is -0.454 e. The average molecular weight is 357 g/mol. The molecule has 3 rings (SSSR count). The fourth-order valence-corrected chi connectivity index (χ4v) is 2.82. The highest BCUT2D eigenvalue weighted by Crippen LogP contribution is 2.40. The van der Waals surface area contributed by atoms with Gasteiger partial charge in [0.25, 0.3) is 5.69 Å². The second-order valence-electron chi connectivity index (χ2n) is 6.10. The van der Waals surface area contributed by atoms with E-state index in [1.807, 2.05) is 32.0 Å². The van der Waals surface area contributed by atoms with Gasteiger partial charge in [-0.05, 0) is 31.0 Å². The number of carbonyl (C=O) groups excluding carboxylic acids is 1. The largest absolute Gasteiger partial charge is 0.454 e. The van der Waals surface area contributed by atoms with E-state index in [0.29, 0.717) is 11.5 Å². The molecule has 1 aliphatic rings. The van der Waals surface area contributed by atoms with Crippen LogP contribution in [0.2, 0.25) is 0 Å². The molecule has 0 fully saturated rings. The predicted octanol–water partition coefficient (Wildman–Crippen LogP) is 3.02. The van der Waals surface area contributed by atoms with E-state index in [1.165, 1.54) is 12.1 Å². The van der Waals surface area contributed by atoms with E-state index < -0.39 is 4.92 Å². The fourth-order valence-electron chi connectivity index (χ4n) is 2.82. The third kappa shape index (κ3) is 3.39. The van der Waals surface area contributed by atoms with Gasteiger partial charge in [0.1, 0.15) is 5.69 Å². The number of ether oxygens (including phenoxy) is 2. The number of likely N-dealkylation sites (N-methyl/N-ethyl adjacent to an activating group) is 1. The lowest BCUT2D eigenvalue weighted by atomic mass is 10.1. The maximum Gasteiger partial charge on any atom is 0.296 e. The maximum atomic E-state index is 12.4. The number of rotatable bonds is 5. The van der Waals surface area contributed by atoms with Gasteiger partial charge >= 0.3 is 0 Å². The van der Waals surface area contributed by atoms with Crippen molar-refractivity contribution in [3.63, 3.8) is 0 Å². The van der Waals surface area contributed by atoms with Gasteiger partial charge in [-0.1, -0.05) is 12.1 Å². The van der Waals surface area contributed by atoms with Crippen LogP contribution in [0.5, 0.6) is 11.5 Å². The molecular weight excluding hydrogens is 338 g/mol. The van der Waals surface area contributed by atoms with Crippen LogP contribution in [0, 0.1) is 24.0 Å². The summed E-state index contributed by atoms with van der Waals surface area (Å²) in [6, 6.07) is 8.53. The summed E-state index contributed by atoms with van der Waals surface area (Å²) in [5.41, 5.74) is 2.98. The van der Waals surface area contributed by atoms with E-state index in [1.54, 1.807) is 11.9 Å². The highest BCUT2D eigenvalue weighted by atomic mass is 16.7. The Balaban J connectivity index is 1.78. The van der Waals surface area contributed by atoms with Crippen molar-refractivity contribution in [1.29, 1.82) is 0 Å². The zero-order valence-corrected chi connectivity index (χ0v) is 14.7. The first-order valence-electron chi connectivity index (χ1n) is 8.02. The van der Waals surface area contributed by atoms with Crippen LogP contribution in [0.25, 0.3) is 0 Å². The van der Waals surface area contributed by atoms with Crippen molar-refractivity contribution in [2.45, 2.75) is 13.8 Å². The summed E-state index contributed by atoms with van der Waals surface area (Å²) in [6.07, 6.45) is 0. The smallest absolute Gasteiger partial charge is 0.296 e. The van der Waals surface area contributed by atoms with Crippen molar-refractivity contribution >= 4 is 23.0 Å². The summed E-state index contributed by atoms with van der Waals surface area (Å²) in [6.45, 7) is 4.04. The van der Waals surface area contributed by atoms with Crippen LogP contribution < -0.4 is 19.7 Å². The van der Waals surface area contributed by atoms with E-state index >= 15 is 0 Å². The van der Waals surface area contributed by atoms with Crippen LogP contribution in [0.15, 0.2) is 30.3 Å². The van der Waals surface area contributed by atoms with E-state index in [4.69, 9.17) is 9.47 Å². The Hall–Kier alpha value is -3.29. The van der Waals surface area contributed by atoms with Gasteiger partial charge in [-0.15, -0.1) is 0 Å². The van der Waals surface area contributed by atoms with E-state index in [9.17, 15) is 14.9 Å². The van der Waals surface area contributed by atoms with Crippen molar-refractivity contribution in [2.75, 3.05) is 30.6 Å². The number of nitro groups is 1. The molecule has 2 aromatic rings. The van der Waals surface area contributed by atoms with Crippen LogP contribution in [0.4, 0.5) is 17.1 Å². The number of benzene rings is 2. The van der Waals surface area contributed by atoms with Gasteiger partial charge in [-0.2, -0.15) is 0 Å². The molecule has 1 heterocycles. The molecular formula is C18H19N3O5. The first-order valence-corrected chi connectivity index (χ1v) is 8.02. The highest BCUT2D eigenvalue weighted by molar-refractivity contribution is 5.96. The Bertz CT molecular complexity index is 881. The Morgan fingerprint density at radius 1 is 1.27 bits per heavy atom. The molecule has 8 heteroatoms. The van der Waals surface area contributed by atoms with Crippen molar-refractivity contribution < 1.29 is 19.2 Å². The monoisotopic (exact) mass is 357 g/mol. The fraction of sp³-hybridized carbons (Fsp3) is 0.278. The Morgan fingerprint density at radius 3 is 2.65 bits per heavy atom. The number of nitrogens with one attached hydrogen (secondary N) is 1. The molecule has 0 saturated carbocycles. The van der Waals surface area contributed by atoms with E-state index in [-0.39, 0.29) is 30.6 Å². The summed E-state index contributed by atoms with van der Waals surface area (Å²) in [4.78, 5) is 24.9. The molecule has 1 N–H and O–H groups in total. The number of hydrogen-bond donors (Lipinski definition) is 1. The molecule has 0 aromatic heterocycles. The lowest BCUT2D eigenvalue weighted by molar-refractivity contribution is -0.384. The van der Waals surface area contributed by atoms with Gasteiger partial charge in [-0.25, -0.2) is 0 Å². The standard InChI is InChI=1S/C18H19N3O5/c1-11-5-4-6-14(12(11)2)20(3)9-18(22)19-13-7-16-17(26-10-25-16)8-15(13)21(23)24/h4-8H,9-10H2,1-3H3,(H,19,22). The second kappa shape index (κ2) is 6.91. The van der Waals surface area contributed by atoms with Crippen molar-refractivity contribution in [3.05, 3.63) is 51.6 Å². The zero-order chi connectivity index (χ0) is 18.8. The maximum absolute atomic E-state index is 12.4. The lowest BCUT2D eigenvalue weighted by Gasteiger charge is -2.21. The summed E-state index contributed by atoms with van der Waals surface area (Å²) in [7, 11) is 1.80. The quantitative estimate of drug-likeness (QED) is 0.653.